The minimum absolute atomic E-state index is 0.0444. The Labute approximate surface area is 211 Å². The summed E-state index contributed by atoms with van der Waals surface area (Å²) in [5.41, 5.74) is 1.95. The molecule has 3 aromatic rings. The fourth-order valence-electron chi connectivity index (χ4n) is 5.39. The van der Waals surface area contributed by atoms with Gasteiger partial charge in [0.25, 0.3) is 0 Å². The lowest BCUT2D eigenvalue weighted by Gasteiger charge is -2.30. The molecule has 0 heterocycles. The van der Waals surface area contributed by atoms with Gasteiger partial charge in [0.2, 0.25) is 0 Å². The van der Waals surface area contributed by atoms with Gasteiger partial charge >= 0.3 is 5.97 Å². The summed E-state index contributed by atoms with van der Waals surface area (Å²) >= 11 is 0. The van der Waals surface area contributed by atoms with Gasteiger partial charge in [0, 0.05) is 17.7 Å². The molecule has 3 aromatic carbocycles. The lowest BCUT2D eigenvalue weighted by atomic mass is 9.75. The van der Waals surface area contributed by atoms with E-state index in [4.69, 9.17) is 4.74 Å². The Morgan fingerprint density at radius 2 is 1.58 bits per heavy atom. The SMILES string of the molecule is CCCc1c(F)cc(OC(=O)c2ccc(C3CCC(C[C@@H](C)c4ccccc4)CC3)cc2F)cc1F. The first kappa shape index (κ1) is 26.0. The molecular formula is C31H33F3O2. The average Bonchev–Trinajstić information content (AvgIpc) is 2.87. The summed E-state index contributed by atoms with van der Waals surface area (Å²) in [6.07, 6.45) is 6.14. The first-order valence-corrected chi connectivity index (χ1v) is 12.9. The Hall–Kier alpha value is -3.08. The number of esters is 1. The van der Waals surface area contributed by atoms with Gasteiger partial charge < -0.3 is 4.74 Å². The molecule has 1 aliphatic carbocycles. The number of hydrogen-bond donors (Lipinski definition) is 0. The third-order valence-electron chi connectivity index (χ3n) is 7.41. The van der Waals surface area contributed by atoms with Crippen LogP contribution in [-0.4, -0.2) is 5.97 Å². The van der Waals surface area contributed by atoms with Crippen molar-refractivity contribution < 1.29 is 22.7 Å². The number of hydrogen-bond acceptors (Lipinski definition) is 2. The van der Waals surface area contributed by atoms with Crippen LogP contribution in [0.2, 0.25) is 0 Å². The molecule has 0 aromatic heterocycles. The molecule has 1 aliphatic rings. The molecule has 1 atom stereocenters. The van der Waals surface area contributed by atoms with Crippen molar-refractivity contribution in [2.45, 2.75) is 70.6 Å². The number of rotatable bonds is 8. The van der Waals surface area contributed by atoms with Gasteiger partial charge in [0.05, 0.1) is 5.56 Å². The van der Waals surface area contributed by atoms with Crippen LogP contribution in [0.3, 0.4) is 0 Å². The van der Waals surface area contributed by atoms with Crippen molar-refractivity contribution >= 4 is 5.97 Å². The lowest BCUT2D eigenvalue weighted by Crippen LogP contribution is -2.16. The summed E-state index contributed by atoms with van der Waals surface area (Å²) in [5, 5.41) is 0. The minimum atomic E-state index is -0.973. The maximum Gasteiger partial charge on any atom is 0.346 e. The van der Waals surface area contributed by atoms with E-state index < -0.39 is 23.4 Å². The molecule has 5 heteroatoms. The smallest absolute Gasteiger partial charge is 0.346 e. The molecule has 0 bridgehead atoms. The van der Waals surface area contributed by atoms with E-state index in [9.17, 15) is 18.0 Å². The van der Waals surface area contributed by atoms with Crippen LogP contribution in [0.15, 0.2) is 60.7 Å². The van der Waals surface area contributed by atoms with Gasteiger partial charge in [0.1, 0.15) is 23.2 Å². The van der Waals surface area contributed by atoms with Crippen LogP contribution >= 0.6 is 0 Å². The molecule has 0 radical (unpaired) electrons. The summed E-state index contributed by atoms with van der Waals surface area (Å²) in [6.45, 7) is 4.09. The van der Waals surface area contributed by atoms with Crippen LogP contribution in [0, 0.1) is 23.4 Å². The summed E-state index contributed by atoms with van der Waals surface area (Å²) in [5.74, 6) is -2.06. The number of ether oxygens (including phenoxy) is 1. The van der Waals surface area contributed by atoms with Crippen molar-refractivity contribution in [1.29, 1.82) is 0 Å². The Morgan fingerprint density at radius 3 is 2.19 bits per heavy atom. The molecule has 190 valence electrons. The molecule has 0 aliphatic heterocycles. The van der Waals surface area contributed by atoms with Gasteiger partial charge in [-0.05, 0) is 79.5 Å². The molecule has 1 fully saturated rings. The Balaban J connectivity index is 1.35. The van der Waals surface area contributed by atoms with Crippen LogP contribution in [0.4, 0.5) is 13.2 Å². The first-order chi connectivity index (χ1) is 17.4. The zero-order valence-corrected chi connectivity index (χ0v) is 20.9. The third-order valence-corrected chi connectivity index (χ3v) is 7.41. The van der Waals surface area contributed by atoms with Crippen LogP contribution in [0.1, 0.15) is 91.3 Å². The molecule has 0 N–H and O–H groups in total. The van der Waals surface area contributed by atoms with Crippen molar-refractivity contribution in [3.63, 3.8) is 0 Å². The Bertz CT molecular complexity index is 1160. The topological polar surface area (TPSA) is 26.3 Å². The predicted octanol–water partition coefficient (Wildman–Crippen LogP) is 8.74. The van der Waals surface area contributed by atoms with Crippen LogP contribution in [0.5, 0.6) is 5.75 Å². The highest BCUT2D eigenvalue weighted by Crippen LogP contribution is 2.40. The summed E-state index contributed by atoms with van der Waals surface area (Å²) < 4.78 is 48.3. The predicted molar refractivity (Wildman–Crippen MR) is 136 cm³/mol. The molecular weight excluding hydrogens is 461 g/mol. The lowest BCUT2D eigenvalue weighted by molar-refractivity contribution is 0.0729. The van der Waals surface area contributed by atoms with Crippen LogP contribution < -0.4 is 4.74 Å². The molecule has 0 amide bonds. The van der Waals surface area contributed by atoms with Crippen molar-refractivity contribution in [2.75, 3.05) is 0 Å². The fraction of sp³-hybridized carbons (Fsp3) is 0.387. The van der Waals surface area contributed by atoms with E-state index in [2.05, 4.69) is 31.2 Å². The number of benzene rings is 3. The highest BCUT2D eigenvalue weighted by Gasteiger charge is 2.25. The van der Waals surface area contributed by atoms with Crippen molar-refractivity contribution in [3.8, 4) is 5.75 Å². The second-order valence-corrected chi connectivity index (χ2v) is 10.0. The van der Waals surface area contributed by atoms with E-state index >= 15 is 0 Å². The van der Waals surface area contributed by atoms with Crippen molar-refractivity contribution in [1.82, 2.24) is 0 Å². The Morgan fingerprint density at radius 1 is 0.917 bits per heavy atom. The van der Waals surface area contributed by atoms with Gasteiger partial charge in [-0.2, -0.15) is 0 Å². The average molecular weight is 495 g/mol. The number of carbonyl (C=O) groups excluding carboxylic acids is 1. The van der Waals surface area contributed by atoms with E-state index in [1.807, 2.05) is 13.0 Å². The van der Waals surface area contributed by atoms with E-state index in [0.717, 1.165) is 49.8 Å². The van der Waals surface area contributed by atoms with Gasteiger partial charge in [-0.15, -0.1) is 0 Å². The summed E-state index contributed by atoms with van der Waals surface area (Å²) in [7, 11) is 0. The van der Waals surface area contributed by atoms with Crippen LogP contribution in [0.25, 0.3) is 0 Å². The van der Waals surface area contributed by atoms with E-state index in [0.29, 0.717) is 18.3 Å². The van der Waals surface area contributed by atoms with E-state index in [-0.39, 0.29) is 29.2 Å². The van der Waals surface area contributed by atoms with Gasteiger partial charge in [0.15, 0.2) is 0 Å². The molecule has 0 saturated heterocycles. The fourth-order valence-corrected chi connectivity index (χ4v) is 5.39. The molecule has 2 nitrogen and oxygen atoms in total. The van der Waals surface area contributed by atoms with Crippen molar-refractivity contribution in [3.05, 3.63) is 100 Å². The number of halogens is 3. The molecule has 4 rings (SSSR count). The zero-order valence-electron chi connectivity index (χ0n) is 20.9. The van der Waals surface area contributed by atoms with E-state index in [1.54, 1.807) is 6.07 Å². The molecule has 36 heavy (non-hydrogen) atoms. The minimum Gasteiger partial charge on any atom is -0.423 e. The third kappa shape index (κ3) is 6.18. The maximum atomic E-state index is 14.9. The summed E-state index contributed by atoms with van der Waals surface area (Å²) in [4.78, 5) is 12.5. The highest BCUT2D eigenvalue weighted by molar-refractivity contribution is 5.91. The standard InChI is InChI=1S/C31H33F3O2/c1-3-7-26-29(33)18-25(19-30(26)34)36-31(35)27-15-14-24(17-28(27)32)23-12-10-21(11-13-23)16-20(2)22-8-5-4-6-9-22/h4-6,8-9,14-15,17-21,23H,3,7,10-13,16H2,1-2H3/t20-,21?,23?/m1/s1. The summed E-state index contributed by atoms with van der Waals surface area (Å²) in [6, 6.07) is 17.1. The van der Waals surface area contributed by atoms with Crippen molar-refractivity contribution in [2.24, 2.45) is 5.92 Å². The monoisotopic (exact) mass is 494 g/mol. The van der Waals surface area contributed by atoms with Gasteiger partial charge in [-0.3, -0.25) is 0 Å². The first-order valence-electron chi connectivity index (χ1n) is 12.9. The molecule has 0 unspecified atom stereocenters. The normalized spacial score (nSPS) is 18.6. The quantitative estimate of drug-likeness (QED) is 0.231. The highest BCUT2D eigenvalue weighted by atomic mass is 19.1. The Kier molecular flexibility index (Phi) is 8.50. The number of carbonyl (C=O) groups is 1. The molecule has 1 saturated carbocycles. The van der Waals surface area contributed by atoms with E-state index in [1.165, 1.54) is 17.7 Å². The second-order valence-electron chi connectivity index (χ2n) is 10.0. The molecule has 0 spiro atoms. The second kappa shape index (κ2) is 11.8. The van der Waals surface area contributed by atoms with Gasteiger partial charge in [-0.1, -0.05) is 56.7 Å². The van der Waals surface area contributed by atoms with Gasteiger partial charge in [-0.25, -0.2) is 18.0 Å². The maximum absolute atomic E-state index is 14.9. The zero-order chi connectivity index (χ0) is 25.7. The largest absolute Gasteiger partial charge is 0.423 e. The van der Waals surface area contributed by atoms with Crippen LogP contribution in [-0.2, 0) is 6.42 Å².